The highest BCUT2D eigenvalue weighted by Gasteiger charge is 2.15. The predicted molar refractivity (Wildman–Crippen MR) is 50.1 cm³/mol. The van der Waals surface area contributed by atoms with E-state index in [9.17, 15) is 4.79 Å². The Bertz CT molecular complexity index is 161. The van der Waals surface area contributed by atoms with Gasteiger partial charge in [0.1, 0.15) is 5.60 Å². The van der Waals surface area contributed by atoms with Crippen LogP contribution in [0, 0.1) is 0 Å². The molecule has 0 saturated carbocycles. The standard InChI is InChI=1S/C9H19NO3/c1-9(2,3)13-8(11)6-7-12-10(4)5/h6-7H2,1-5H3. The van der Waals surface area contributed by atoms with E-state index in [-0.39, 0.29) is 12.4 Å². The summed E-state index contributed by atoms with van der Waals surface area (Å²) in [5.41, 5.74) is -0.408. The molecule has 0 saturated heterocycles. The predicted octanol–water partition coefficient (Wildman–Crippen LogP) is 1.21. The minimum atomic E-state index is -0.408. The summed E-state index contributed by atoms with van der Waals surface area (Å²) in [4.78, 5) is 16.2. The average molecular weight is 189 g/mol. The quantitative estimate of drug-likeness (QED) is 0.492. The Morgan fingerprint density at radius 2 is 1.85 bits per heavy atom. The number of hydrogen-bond acceptors (Lipinski definition) is 4. The van der Waals surface area contributed by atoms with Gasteiger partial charge in [0.15, 0.2) is 0 Å². The molecule has 78 valence electrons. The zero-order chi connectivity index (χ0) is 10.5. The Labute approximate surface area is 79.8 Å². The first-order valence-corrected chi connectivity index (χ1v) is 4.33. The molecule has 0 aliphatic heterocycles. The van der Waals surface area contributed by atoms with Crippen LogP contribution < -0.4 is 0 Å². The van der Waals surface area contributed by atoms with E-state index in [0.29, 0.717) is 6.61 Å². The van der Waals surface area contributed by atoms with E-state index >= 15 is 0 Å². The lowest BCUT2D eigenvalue weighted by Gasteiger charge is -2.19. The molecule has 0 aromatic carbocycles. The fourth-order valence-corrected chi connectivity index (χ4v) is 0.704. The van der Waals surface area contributed by atoms with E-state index in [1.807, 2.05) is 20.8 Å². The summed E-state index contributed by atoms with van der Waals surface area (Å²) >= 11 is 0. The summed E-state index contributed by atoms with van der Waals surface area (Å²) in [6, 6.07) is 0. The van der Waals surface area contributed by atoms with Crippen molar-refractivity contribution in [1.82, 2.24) is 5.06 Å². The molecule has 0 amide bonds. The third-order valence-electron chi connectivity index (χ3n) is 1.08. The van der Waals surface area contributed by atoms with Crippen molar-refractivity contribution in [3.8, 4) is 0 Å². The molecule has 0 atom stereocenters. The van der Waals surface area contributed by atoms with Crippen LogP contribution in [-0.2, 0) is 14.4 Å². The van der Waals surface area contributed by atoms with Gasteiger partial charge in [0.2, 0.25) is 0 Å². The molecule has 4 nitrogen and oxygen atoms in total. The second-order valence-corrected chi connectivity index (χ2v) is 3.98. The SMILES string of the molecule is CN(C)OCCC(=O)OC(C)(C)C. The van der Waals surface area contributed by atoms with E-state index in [1.165, 1.54) is 0 Å². The van der Waals surface area contributed by atoms with Gasteiger partial charge in [-0.25, -0.2) is 0 Å². The van der Waals surface area contributed by atoms with Crippen molar-refractivity contribution in [3.05, 3.63) is 0 Å². The van der Waals surface area contributed by atoms with Crippen molar-refractivity contribution < 1.29 is 14.4 Å². The summed E-state index contributed by atoms with van der Waals surface area (Å²) in [5, 5.41) is 1.56. The molecule has 4 heteroatoms. The monoisotopic (exact) mass is 189 g/mol. The summed E-state index contributed by atoms with van der Waals surface area (Å²) in [6.45, 7) is 5.90. The molecule has 0 rings (SSSR count). The van der Waals surface area contributed by atoms with Crippen molar-refractivity contribution in [2.24, 2.45) is 0 Å². The van der Waals surface area contributed by atoms with Crippen molar-refractivity contribution in [1.29, 1.82) is 0 Å². The largest absolute Gasteiger partial charge is 0.460 e. The molecule has 0 bridgehead atoms. The molecule has 0 radical (unpaired) electrons. The van der Waals surface area contributed by atoms with Crippen LogP contribution in [0.15, 0.2) is 0 Å². The lowest BCUT2D eigenvalue weighted by atomic mass is 10.2. The van der Waals surface area contributed by atoms with Crippen LogP contribution >= 0.6 is 0 Å². The molecule has 0 N–H and O–H groups in total. The van der Waals surface area contributed by atoms with Crippen molar-refractivity contribution in [2.75, 3.05) is 20.7 Å². The Balaban J connectivity index is 3.53. The van der Waals surface area contributed by atoms with Gasteiger partial charge in [-0.1, -0.05) is 0 Å². The maximum absolute atomic E-state index is 11.1. The fourth-order valence-electron chi connectivity index (χ4n) is 0.704. The van der Waals surface area contributed by atoms with Gasteiger partial charge in [-0.3, -0.25) is 9.63 Å². The zero-order valence-electron chi connectivity index (χ0n) is 9.09. The van der Waals surface area contributed by atoms with Gasteiger partial charge in [0, 0.05) is 14.1 Å². The lowest BCUT2D eigenvalue weighted by molar-refractivity contribution is -0.163. The molecular formula is C9H19NO3. The normalized spacial score (nSPS) is 11.8. The maximum atomic E-state index is 11.1. The van der Waals surface area contributed by atoms with E-state index in [0.717, 1.165) is 0 Å². The molecule has 0 aromatic heterocycles. The van der Waals surface area contributed by atoms with E-state index < -0.39 is 5.60 Å². The molecule has 0 fully saturated rings. The third-order valence-corrected chi connectivity index (χ3v) is 1.08. The molecule has 0 spiro atoms. The third kappa shape index (κ3) is 9.30. The molecule has 0 unspecified atom stereocenters. The Kier molecular flexibility index (Phi) is 4.95. The van der Waals surface area contributed by atoms with Crippen LogP contribution in [0.4, 0.5) is 0 Å². The topological polar surface area (TPSA) is 38.8 Å². The highest BCUT2D eigenvalue weighted by molar-refractivity contribution is 5.69. The van der Waals surface area contributed by atoms with Gasteiger partial charge in [0.05, 0.1) is 13.0 Å². The Hall–Kier alpha value is -0.610. The summed E-state index contributed by atoms with van der Waals surface area (Å²) in [6.07, 6.45) is 0.287. The lowest BCUT2D eigenvalue weighted by Crippen LogP contribution is -2.25. The van der Waals surface area contributed by atoms with Crippen molar-refractivity contribution in [2.45, 2.75) is 32.8 Å². The molecule has 0 aliphatic rings. The zero-order valence-corrected chi connectivity index (χ0v) is 9.09. The van der Waals surface area contributed by atoms with E-state index in [2.05, 4.69) is 0 Å². The van der Waals surface area contributed by atoms with Gasteiger partial charge in [-0.05, 0) is 20.8 Å². The van der Waals surface area contributed by atoms with E-state index in [1.54, 1.807) is 19.2 Å². The van der Waals surface area contributed by atoms with E-state index in [4.69, 9.17) is 9.57 Å². The van der Waals surface area contributed by atoms with Gasteiger partial charge in [-0.2, -0.15) is 5.06 Å². The second-order valence-electron chi connectivity index (χ2n) is 3.98. The number of nitrogens with zero attached hydrogens (tertiary/aromatic N) is 1. The molecule has 13 heavy (non-hydrogen) atoms. The minimum absolute atomic E-state index is 0.227. The summed E-state index contributed by atoms with van der Waals surface area (Å²) in [5.74, 6) is -0.227. The number of carbonyl (C=O) groups excluding carboxylic acids is 1. The number of hydroxylamine groups is 2. The first kappa shape index (κ1) is 12.4. The van der Waals surface area contributed by atoms with Crippen LogP contribution in [0.5, 0.6) is 0 Å². The van der Waals surface area contributed by atoms with Crippen LogP contribution in [0.25, 0.3) is 0 Å². The van der Waals surface area contributed by atoms with Gasteiger partial charge < -0.3 is 4.74 Å². The highest BCUT2D eigenvalue weighted by atomic mass is 16.7. The average Bonchev–Trinajstić information content (AvgIpc) is 1.81. The summed E-state index contributed by atoms with van der Waals surface area (Å²) in [7, 11) is 3.55. The highest BCUT2D eigenvalue weighted by Crippen LogP contribution is 2.07. The smallest absolute Gasteiger partial charge is 0.308 e. The first-order chi connectivity index (χ1) is 5.81. The number of ether oxygens (including phenoxy) is 1. The Morgan fingerprint density at radius 1 is 1.31 bits per heavy atom. The van der Waals surface area contributed by atoms with Crippen LogP contribution in [-0.4, -0.2) is 37.3 Å². The van der Waals surface area contributed by atoms with Crippen LogP contribution in [0.3, 0.4) is 0 Å². The second kappa shape index (κ2) is 5.19. The number of carbonyl (C=O) groups is 1. The number of esters is 1. The van der Waals surface area contributed by atoms with Gasteiger partial charge in [-0.15, -0.1) is 0 Å². The van der Waals surface area contributed by atoms with Gasteiger partial charge in [0.25, 0.3) is 0 Å². The van der Waals surface area contributed by atoms with Crippen LogP contribution in [0.2, 0.25) is 0 Å². The van der Waals surface area contributed by atoms with Crippen LogP contribution in [0.1, 0.15) is 27.2 Å². The van der Waals surface area contributed by atoms with Gasteiger partial charge >= 0.3 is 5.97 Å². The fraction of sp³-hybridized carbons (Fsp3) is 0.889. The molecule has 0 aliphatic carbocycles. The first-order valence-electron chi connectivity index (χ1n) is 4.33. The van der Waals surface area contributed by atoms with Crippen molar-refractivity contribution >= 4 is 5.97 Å². The molecule has 0 aromatic rings. The molecular weight excluding hydrogens is 170 g/mol. The molecule has 0 heterocycles. The number of hydrogen-bond donors (Lipinski definition) is 0. The summed E-state index contributed by atoms with van der Waals surface area (Å²) < 4.78 is 5.08. The number of rotatable bonds is 4. The Morgan fingerprint density at radius 3 is 2.23 bits per heavy atom. The van der Waals surface area contributed by atoms with Crippen molar-refractivity contribution in [3.63, 3.8) is 0 Å². The minimum Gasteiger partial charge on any atom is -0.460 e. The maximum Gasteiger partial charge on any atom is 0.308 e.